The molecule has 3 heteroatoms. The molecule has 0 amide bonds. The lowest BCUT2D eigenvalue weighted by atomic mass is 9.76. The molecule has 1 N–H and O–H groups in total. The van der Waals surface area contributed by atoms with E-state index in [1.54, 1.807) is 0 Å². The predicted octanol–water partition coefficient (Wildman–Crippen LogP) is 5.03. The fraction of sp³-hybridized carbons (Fsp3) is 0.833. The van der Waals surface area contributed by atoms with Gasteiger partial charge in [-0.25, -0.2) is 4.98 Å². The molecule has 1 atom stereocenters. The Balaban J connectivity index is 2.85. The van der Waals surface area contributed by atoms with Gasteiger partial charge in [-0.3, -0.25) is 0 Å². The van der Waals surface area contributed by atoms with Gasteiger partial charge in [0, 0.05) is 29.3 Å². The lowest BCUT2D eigenvalue weighted by Gasteiger charge is -2.36. The van der Waals surface area contributed by atoms with Gasteiger partial charge in [-0.05, 0) is 32.1 Å². The largest absolute Gasteiger partial charge is 0.312 e. The van der Waals surface area contributed by atoms with E-state index < -0.39 is 0 Å². The molecule has 0 bridgehead atoms. The average Bonchev–Trinajstić information content (AvgIpc) is 2.73. The first-order valence-corrected chi connectivity index (χ1v) is 8.91. The molecule has 0 saturated carbocycles. The van der Waals surface area contributed by atoms with Crippen molar-refractivity contribution in [2.24, 2.45) is 11.3 Å². The van der Waals surface area contributed by atoms with E-state index in [9.17, 15) is 0 Å². The standard InChI is InChI=1S/C18H34N2S/c1-13(2)18(9,12-19-17(6,7)8)10-15-20-14(11-21-15)16(3,4)5/h11,13,19H,10,12H2,1-9H3. The molecule has 0 aliphatic heterocycles. The minimum absolute atomic E-state index is 0.145. The van der Waals surface area contributed by atoms with Gasteiger partial charge in [-0.2, -0.15) is 0 Å². The third-order valence-electron chi connectivity index (χ3n) is 4.29. The Morgan fingerprint density at radius 1 is 1.10 bits per heavy atom. The molecule has 1 rings (SSSR count). The quantitative estimate of drug-likeness (QED) is 0.824. The zero-order valence-electron chi connectivity index (χ0n) is 15.4. The van der Waals surface area contributed by atoms with Crippen molar-refractivity contribution < 1.29 is 0 Å². The van der Waals surface area contributed by atoms with Crippen molar-refractivity contribution in [3.8, 4) is 0 Å². The van der Waals surface area contributed by atoms with E-state index in [1.807, 2.05) is 11.3 Å². The molecule has 0 radical (unpaired) electrons. The maximum absolute atomic E-state index is 4.88. The summed E-state index contributed by atoms with van der Waals surface area (Å²) in [5.41, 5.74) is 1.76. The van der Waals surface area contributed by atoms with Gasteiger partial charge < -0.3 is 5.32 Å². The molecule has 122 valence electrons. The summed E-state index contributed by atoms with van der Waals surface area (Å²) >= 11 is 1.82. The summed E-state index contributed by atoms with van der Waals surface area (Å²) < 4.78 is 0. The first-order valence-electron chi connectivity index (χ1n) is 8.03. The van der Waals surface area contributed by atoms with Crippen LogP contribution in [-0.4, -0.2) is 17.1 Å². The molecule has 0 fully saturated rings. The third-order valence-corrected chi connectivity index (χ3v) is 5.14. The fourth-order valence-electron chi connectivity index (χ4n) is 2.02. The number of hydrogen-bond acceptors (Lipinski definition) is 3. The van der Waals surface area contributed by atoms with E-state index in [0.29, 0.717) is 5.92 Å². The van der Waals surface area contributed by atoms with Gasteiger partial charge in [-0.1, -0.05) is 41.5 Å². The summed E-state index contributed by atoms with van der Waals surface area (Å²) in [7, 11) is 0. The number of nitrogens with zero attached hydrogens (tertiary/aromatic N) is 1. The normalized spacial score (nSPS) is 16.3. The van der Waals surface area contributed by atoms with Crippen LogP contribution in [0.15, 0.2) is 5.38 Å². The van der Waals surface area contributed by atoms with E-state index in [1.165, 1.54) is 10.7 Å². The number of thiazole rings is 1. The lowest BCUT2D eigenvalue weighted by molar-refractivity contribution is 0.187. The molecule has 1 heterocycles. The van der Waals surface area contributed by atoms with Crippen molar-refractivity contribution in [1.82, 2.24) is 10.3 Å². The summed E-state index contributed by atoms with van der Waals surface area (Å²) in [6.07, 6.45) is 1.05. The maximum atomic E-state index is 4.88. The molecule has 0 aliphatic carbocycles. The Labute approximate surface area is 135 Å². The summed E-state index contributed by atoms with van der Waals surface area (Å²) in [6, 6.07) is 0. The highest BCUT2D eigenvalue weighted by molar-refractivity contribution is 7.09. The van der Waals surface area contributed by atoms with Gasteiger partial charge >= 0.3 is 0 Å². The molecule has 2 nitrogen and oxygen atoms in total. The Morgan fingerprint density at radius 2 is 1.67 bits per heavy atom. The minimum atomic E-state index is 0.145. The van der Waals surface area contributed by atoms with Crippen LogP contribution in [0, 0.1) is 11.3 Å². The van der Waals surface area contributed by atoms with Gasteiger partial charge in [0.15, 0.2) is 0 Å². The van der Waals surface area contributed by atoms with E-state index >= 15 is 0 Å². The van der Waals surface area contributed by atoms with Crippen LogP contribution in [0.2, 0.25) is 0 Å². The topological polar surface area (TPSA) is 24.9 Å². The van der Waals surface area contributed by atoms with Crippen molar-refractivity contribution in [2.45, 2.75) is 79.7 Å². The SMILES string of the molecule is CC(C)C(C)(CNC(C)(C)C)Cc1nc(C(C)(C)C)cs1. The molecule has 1 unspecified atom stereocenters. The Hall–Kier alpha value is -0.410. The summed E-state index contributed by atoms with van der Waals surface area (Å²) in [5.74, 6) is 0.620. The summed E-state index contributed by atoms with van der Waals surface area (Å²) in [4.78, 5) is 4.88. The highest BCUT2D eigenvalue weighted by Crippen LogP contribution is 2.33. The van der Waals surface area contributed by atoms with Crippen molar-refractivity contribution in [3.05, 3.63) is 16.1 Å². The molecule has 0 aliphatic rings. The smallest absolute Gasteiger partial charge is 0.0934 e. The van der Waals surface area contributed by atoms with E-state index in [-0.39, 0.29) is 16.4 Å². The van der Waals surface area contributed by atoms with Crippen LogP contribution in [0.3, 0.4) is 0 Å². The molecular formula is C18H34N2S. The van der Waals surface area contributed by atoms with Crippen LogP contribution in [0.25, 0.3) is 0 Å². The van der Waals surface area contributed by atoms with Crippen molar-refractivity contribution in [3.63, 3.8) is 0 Å². The van der Waals surface area contributed by atoms with Crippen molar-refractivity contribution in [2.75, 3.05) is 6.54 Å². The second kappa shape index (κ2) is 6.37. The van der Waals surface area contributed by atoms with Crippen LogP contribution in [0.5, 0.6) is 0 Å². The molecule has 0 aromatic carbocycles. The molecule has 0 saturated heterocycles. The van der Waals surface area contributed by atoms with Crippen LogP contribution >= 0.6 is 11.3 Å². The molecule has 1 aromatic rings. The summed E-state index contributed by atoms with van der Waals surface area (Å²) in [5, 5.41) is 7.18. The molecule has 0 spiro atoms. The number of nitrogens with one attached hydrogen (secondary N) is 1. The number of rotatable bonds is 5. The van der Waals surface area contributed by atoms with Crippen LogP contribution in [-0.2, 0) is 11.8 Å². The second-order valence-electron chi connectivity index (χ2n) is 8.97. The minimum Gasteiger partial charge on any atom is -0.312 e. The van der Waals surface area contributed by atoms with E-state index in [0.717, 1.165) is 13.0 Å². The van der Waals surface area contributed by atoms with Crippen molar-refractivity contribution in [1.29, 1.82) is 0 Å². The van der Waals surface area contributed by atoms with Crippen LogP contribution < -0.4 is 5.32 Å². The number of aromatic nitrogens is 1. The first kappa shape index (κ1) is 18.6. The summed E-state index contributed by atoms with van der Waals surface area (Å²) in [6.45, 7) is 21.4. The Kier molecular flexibility index (Phi) is 5.66. The average molecular weight is 311 g/mol. The maximum Gasteiger partial charge on any atom is 0.0934 e. The van der Waals surface area contributed by atoms with E-state index in [2.05, 4.69) is 73.0 Å². The Morgan fingerprint density at radius 3 is 2.05 bits per heavy atom. The predicted molar refractivity (Wildman–Crippen MR) is 95.2 cm³/mol. The molecule has 21 heavy (non-hydrogen) atoms. The number of hydrogen-bond donors (Lipinski definition) is 1. The zero-order valence-corrected chi connectivity index (χ0v) is 16.2. The monoisotopic (exact) mass is 310 g/mol. The molecule has 1 aromatic heterocycles. The van der Waals surface area contributed by atoms with Gasteiger partial charge in [0.25, 0.3) is 0 Å². The van der Waals surface area contributed by atoms with Crippen LogP contribution in [0.1, 0.15) is 73.0 Å². The second-order valence-corrected chi connectivity index (χ2v) is 9.91. The van der Waals surface area contributed by atoms with Crippen LogP contribution in [0.4, 0.5) is 0 Å². The van der Waals surface area contributed by atoms with E-state index in [4.69, 9.17) is 4.98 Å². The molecular weight excluding hydrogens is 276 g/mol. The lowest BCUT2D eigenvalue weighted by Crippen LogP contribution is -2.45. The zero-order chi connectivity index (χ0) is 16.5. The Bertz CT molecular complexity index is 449. The highest BCUT2D eigenvalue weighted by atomic mass is 32.1. The fourth-order valence-corrected chi connectivity index (χ4v) is 3.24. The van der Waals surface area contributed by atoms with Gasteiger partial charge in [-0.15, -0.1) is 11.3 Å². The van der Waals surface area contributed by atoms with Gasteiger partial charge in [0.05, 0.1) is 10.7 Å². The van der Waals surface area contributed by atoms with Crippen molar-refractivity contribution >= 4 is 11.3 Å². The van der Waals surface area contributed by atoms with Gasteiger partial charge in [0.2, 0.25) is 0 Å². The third kappa shape index (κ3) is 5.71. The first-order chi connectivity index (χ1) is 9.33. The highest BCUT2D eigenvalue weighted by Gasteiger charge is 2.31. The van der Waals surface area contributed by atoms with Gasteiger partial charge in [0.1, 0.15) is 0 Å².